The number of likely N-dealkylation sites (tertiary alicyclic amines) is 1. The minimum Gasteiger partial charge on any atom is -0.497 e. The first kappa shape index (κ1) is 30.5. The van der Waals surface area contributed by atoms with Gasteiger partial charge in [-0.1, -0.05) is 37.3 Å². The molecule has 9 heteroatoms. The molecule has 3 aliphatic rings. The molecule has 3 aliphatic heterocycles. The number of rotatable bonds is 12. The second-order valence-corrected chi connectivity index (χ2v) is 11.6. The van der Waals surface area contributed by atoms with Crippen LogP contribution in [0.1, 0.15) is 33.1 Å². The zero-order chi connectivity index (χ0) is 30.9. The Morgan fingerprint density at radius 3 is 2.21 bits per heavy atom. The lowest BCUT2D eigenvalue weighted by atomic mass is 9.64. The lowest BCUT2D eigenvalue weighted by Crippen LogP contribution is -2.58. The Balaban J connectivity index is 1.62. The van der Waals surface area contributed by atoms with Gasteiger partial charge in [-0.3, -0.25) is 14.4 Å². The number of hydrogen-bond acceptors (Lipinski definition) is 6. The molecule has 0 aromatic heterocycles. The second kappa shape index (κ2) is 12.0. The molecule has 0 saturated carbocycles. The molecule has 0 radical (unpaired) electrons. The van der Waals surface area contributed by atoms with Gasteiger partial charge in [0.1, 0.15) is 17.4 Å². The number of aliphatic hydroxyl groups excluding tert-OH is 1. The van der Waals surface area contributed by atoms with E-state index < -0.39 is 35.1 Å². The monoisotopic (exact) mass is 587 g/mol. The number of methoxy groups -OCH3 is 1. The number of nitrogens with zero attached hydrogens (tertiary/aromatic N) is 3. The van der Waals surface area contributed by atoms with E-state index in [9.17, 15) is 19.5 Å². The number of fused-ring (bicyclic) bond motifs is 1. The number of carbonyl (C=O) groups is 3. The van der Waals surface area contributed by atoms with Crippen molar-refractivity contribution in [2.24, 2.45) is 11.8 Å². The van der Waals surface area contributed by atoms with E-state index in [2.05, 4.69) is 13.2 Å². The Hall–Kier alpha value is -3.95. The first-order valence-electron chi connectivity index (χ1n) is 14.9. The summed E-state index contributed by atoms with van der Waals surface area (Å²) in [5, 5.41) is 10.3. The number of amides is 3. The molecule has 43 heavy (non-hydrogen) atoms. The van der Waals surface area contributed by atoms with Gasteiger partial charge in [0, 0.05) is 24.5 Å². The van der Waals surface area contributed by atoms with E-state index in [4.69, 9.17) is 9.47 Å². The van der Waals surface area contributed by atoms with Gasteiger partial charge in [-0.15, -0.1) is 13.2 Å². The van der Waals surface area contributed by atoms with E-state index in [0.717, 1.165) is 0 Å². The average Bonchev–Trinajstić information content (AvgIpc) is 3.65. The molecular weight excluding hydrogens is 546 g/mol. The summed E-state index contributed by atoms with van der Waals surface area (Å²) >= 11 is 0. The third kappa shape index (κ3) is 4.75. The van der Waals surface area contributed by atoms with Gasteiger partial charge < -0.3 is 29.3 Å². The highest BCUT2D eigenvalue weighted by molar-refractivity contribution is 6.07. The molecule has 1 N–H and O–H groups in total. The molecule has 3 saturated heterocycles. The Labute approximate surface area is 253 Å². The van der Waals surface area contributed by atoms with Crippen molar-refractivity contribution in [2.45, 2.75) is 56.4 Å². The van der Waals surface area contributed by atoms with Crippen molar-refractivity contribution < 1.29 is 29.0 Å². The lowest BCUT2D eigenvalue weighted by Gasteiger charge is -2.38. The molecular formula is C34H41N3O6. The van der Waals surface area contributed by atoms with E-state index in [1.807, 2.05) is 37.3 Å². The molecule has 9 nitrogen and oxygen atoms in total. The summed E-state index contributed by atoms with van der Waals surface area (Å²) in [6.45, 7) is 11.5. The quantitative estimate of drug-likeness (QED) is 0.378. The van der Waals surface area contributed by atoms with Gasteiger partial charge in [-0.2, -0.15) is 0 Å². The SMILES string of the molecule is C=CCN(C(=O)C1N([C@H](C)CO)C(=O)[C@@H]2[C@H](C(=O)N(CC=C)c3ccccc3)[C@]3(CC)CCC12O3)c1ccc(OC)cc1. The molecule has 2 unspecified atom stereocenters. The Kier molecular flexibility index (Phi) is 8.49. The van der Waals surface area contributed by atoms with Gasteiger partial charge in [0.05, 0.1) is 37.2 Å². The van der Waals surface area contributed by atoms with E-state index in [-0.39, 0.29) is 37.4 Å². The van der Waals surface area contributed by atoms with Gasteiger partial charge in [0.25, 0.3) is 5.91 Å². The zero-order valence-corrected chi connectivity index (χ0v) is 25.1. The molecule has 2 aromatic carbocycles. The molecule has 0 aliphatic carbocycles. The van der Waals surface area contributed by atoms with Gasteiger partial charge in [0.15, 0.2) is 0 Å². The molecule has 1 spiro atoms. The molecule has 6 atom stereocenters. The number of carbonyl (C=O) groups excluding carboxylic acids is 3. The van der Waals surface area contributed by atoms with Crippen LogP contribution in [0.15, 0.2) is 79.9 Å². The highest BCUT2D eigenvalue weighted by Crippen LogP contribution is 2.65. The van der Waals surface area contributed by atoms with Crippen LogP contribution in [0.5, 0.6) is 5.75 Å². The maximum Gasteiger partial charge on any atom is 0.253 e. The maximum atomic E-state index is 14.7. The predicted molar refractivity (Wildman–Crippen MR) is 165 cm³/mol. The fourth-order valence-corrected chi connectivity index (χ4v) is 7.46. The smallest absolute Gasteiger partial charge is 0.253 e. The molecule has 5 rings (SSSR count). The van der Waals surface area contributed by atoms with Crippen LogP contribution in [-0.2, 0) is 19.1 Å². The fourth-order valence-electron chi connectivity index (χ4n) is 7.46. The number of ether oxygens (including phenoxy) is 2. The van der Waals surface area contributed by atoms with Crippen LogP contribution in [0.25, 0.3) is 0 Å². The van der Waals surface area contributed by atoms with Crippen LogP contribution < -0.4 is 14.5 Å². The molecule has 2 bridgehead atoms. The first-order chi connectivity index (χ1) is 20.7. The summed E-state index contributed by atoms with van der Waals surface area (Å²) in [5.41, 5.74) is -0.815. The molecule has 228 valence electrons. The van der Waals surface area contributed by atoms with Gasteiger partial charge in [0.2, 0.25) is 11.8 Å². The Bertz CT molecular complexity index is 1380. The van der Waals surface area contributed by atoms with Gasteiger partial charge >= 0.3 is 0 Å². The van der Waals surface area contributed by atoms with Gasteiger partial charge in [-0.05, 0) is 62.6 Å². The van der Waals surface area contributed by atoms with Crippen molar-refractivity contribution in [1.82, 2.24) is 4.90 Å². The summed E-state index contributed by atoms with van der Waals surface area (Å²) in [4.78, 5) is 48.5. The van der Waals surface area contributed by atoms with Gasteiger partial charge in [-0.25, -0.2) is 0 Å². The van der Waals surface area contributed by atoms with Crippen LogP contribution in [0.3, 0.4) is 0 Å². The number of aliphatic hydroxyl groups is 1. The van der Waals surface area contributed by atoms with Crippen LogP contribution in [0.2, 0.25) is 0 Å². The van der Waals surface area contributed by atoms with Crippen LogP contribution >= 0.6 is 0 Å². The van der Waals surface area contributed by atoms with Crippen molar-refractivity contribution in [3.8, 4) is 5.75 Å². The van der Waals surface area contributed by atoms with Crippen molar-refractivity contribution in [1.29, 1.82) is 0 Å². The van der Waals surface area contributed by atoms with E-state index >= 15 is 0 Å². The lowest BCUT2D eigenvalue weighted by molar-refractivity contribution is -0.149. The third-order valence-electron chi connectivity index (χ3n) is 9.47. The summed E-state index contributed by atoms with van der Waals surface area (Å²) in [6, 6.07) is 14.7. The molecule has 3 heterocycles. The number of para-hydroxylation sites is 1. The molecule has 2 aromatic rings. The third-order valence-corrected chi connectivity index (χ3v) is 9.47. The number of hydrogen-bond donors (Lipinski definition) is 1. The van der Waals surface area contributed by atoms with Crippen LogP contribution in [-0.4, -0.2) is 77.8 Å². The topological polar surface area (TPSA) is 99.6 Å². The molecule has 3 fully saturated rings. The summed E-state index contributed by atoms with van der Waals surface area (Å²) in [5.74, 6) is -1.95. The van der Waals surface area contributed by atoms with Crippen molar-refractivity contribution >= 4 is 29.1 Å². The summed E-state index contributed by atoms with van der Waals surface area (Å²) in [6.07, 6.45) is 4.79. The zero-order valence-electron chi connectivity index (χ0n) is 25.1. The minimum absolute atomic E-state index is 0.195. The van der Waals surface area contributed by atoms with Crippen LogP contribution in [0.4, 0.5) is 11.4 Å². The average molecular weight is 588 g/mol. The van der Waals surface area contributed by atoms with Crippen molar-refractivity contribution in [2.75, 3.05) is 36.6 Å². The van der Waals surface area contributed by atoms with E-state index in [1.165, 1.54) is 4.90 Å². The summed E-state index contributed by atoms with van der Waals surface area (Å²) in [7, 11) is 1.57. The number of anilines is 2. The highest BCUT2D eigenvalue weighted by Gasteiger charge is 2.79. The minimum atomic E-state index is -1.23. The van der Waals surface area contributed by atoms with E-state index in [1.54, 1.807) is 60.3 Å². The van der Waals surface area contributed by atoms with Crippen LogP contribution in [0, 0.1) is 11.8 Å². The predicted octanol–water partition coefficient (Wildman–Crippen LogP) is 3.97. The normalized spacial score (nSPS) is 27.9. The largest absolute Gasteiger partial charge is 0.497 e. The first-order valence-corrected chi connectivity index (χ1v) is 14.9. The fraction of sp³-hybridized carbons (Fsp3) is 0.441. The summed E-state index contributed by atoms with van der Waals surface area (Å²) < 4.78 is 12.2. The number of benzene rings is 2. The van der Waals surface area contributed by atoms with Crippen molar-refractivity contribution in [3.63, 3.8) is 0 Å². The Morgan fingerprint density at radius 2 is 1.65 bits per heavy atom. The highest BCUT2D eigenvalue weighted by atomic mass is 16.5. The van der Waals surface area contributed by atoms with E-state index in [0.29, 0.717) is 36.4 Å². The Morgan fingerprint density at radius 1 is 1.05 bits per heavy atom. The maximum absolute atomic E-state index is 14.7. The second-order valence-electron chi connectivity index (χ2n) is 11.6. The van der Waals surface area contributed by atoms with Crippen molar-refractivity contribution in [3.05, 3.63) is 79.9 Å². The molecule has 3 amide bonds. The standard InChI is InChI=1S/C34H41N3O6/c1-6-20-35(24-12-10-9-11-13-24)30(39)27-28-31(40)37(23(4)22-38)29(34(28)19-18-33(27,8-3)43-34)32(41)36(21-7-2)25-14-16-26(42-5)17-15-25/h6-7,9-17,23,27-29,38H,1-2,8,18-22H2,3-5H3/t23-,27-,28+,29?,33+,34?/m1/s1.